The van der Waals surface area contributed by atoms with E-state index >= 15 is 0 Å². The molecule has 0 spiro atoms. The Hall–Kier alpha value is -0.690. The maximum absolute atomic E-state index is 13.0. The van der Waals surface area contributed by atoms with Gasteiger partial charge in [0.25, 0.3) is 5.91 Å². The highest BCUT2D eigenvalue weighted by atomic mass is 35.5. The Balaban J connectivity index is 3.68. The lowest BCUT2D eigenvalue weighted by molar-refractivity contribution is -0.387. The van der Waals surface area contributed by atoms with Gasteiger partial charge in [-0.25, -0.2) is 0 Å². The van der Waals surface area contributed by atoms with Crippen molar-refractivity contribution in [2.24, 2.45) is 0 Å². The van der Waals surface area contributed by atoms with Gasteiger partial charge >= 0.3 is 34.4 Å². The first-order chi connectivity index (χ1) is 9.33. The van der Waals surface area contributed by atoms with E-state index < -0.39 is 40.3 Å². The highest BCUT2D eigenvalue weighted by Gasteiger charge is 2.88. The van der Waals surface area contributed by atoms with Crippen LogP contribution in [0.3, 0.4) is 0 Å². The van der Waals surface area contributed by atoms with Gasteiger partial charge in [-0.05, 0) is 23.2 Å². The molecule has 1 heterocycles. The number of rotatable bonds is 2. The number of hydrogen-bond acceptors (Lipinski definition) is 2. The molecule has 0 bridgehead atoms. The monoisotopic (exact) mass is 391 g/mol. The van der Waals surface area contributed by atoms with Crippen LogP contribution in [0.15, 0.2) is 0 Å². The van der Waals surface area contributed by atoms with E-state index in [9.17, 15) is 48.7 Å². The Kier molecular flexibility index (Phi) is 4.10. The topological polar surface area (TPSA) is 38.3 Å². The molecule has 1 fully saturated rings. The largest absolute Gasteiger partial charge is 0.444 e. The minimum atomic E-state index is -6.59. The molecule has 0 aromatic heterocycles. The Labute approximate surface area is 123 Å². The number of amides is 1. The van der Waals surface area contributed by atoms with Gasteiger partial charge in [0.2, 0.25) is 0 Å². The minimum absolute atomic E-state index is 0.00125. The molecule has 22 heavy (non-hydrogen) atoms. The molecular weight excluding hydrogens is 391 g/mol. The standard InChI is InChI=1S/C7HCl2F10NO2/c8-4(10,11)2(6(14,15)16)1(21)20-3(22-2,5(9,12)13)7(17,18)19/h(H,20,21). The van der Waals surface area contributed by atoms with Gasteiger partial charge in [-0.3, -0.25) is 4.79 Å². The van der Waals surface area contributed by atoms with Gasteiger partial charge in [-0.15, -0.1) is 0 Å². The summed E-state index contributed by atoms with van der Waals surface area (Å²) in [7, 11) is 0. The molecule has 0 aromatic carbocycles. The summed E-state index contributed by atoms with van der Waals surface area (Å²) in [6.45, 7) is 0. The molecule has 1 rings (SSSR count). The number of hydrogen-bond donors (Lipinski definition) is 1. The van der Waals surface area contributed by atoms with Crippen molar-refractivity contribution in [2.75, 3.05) is 0 Å². The zero-order valence-electron chi connectivity index (χ0n) is 9.35. The van der Waals surface area contributed by atoms with Gasteiger partial charge in [0.1, 0.15) is 0 Å². The van der Waals surface area contributed by atoms with Gasteiger partial charge in [0.15, 0.2) is 0 Å². The molecule has 0 aromatic rings. The summed E-state index contributed by atoms with van der Waals surface area (Å²) < 4.78 is 131. The summed E-state index contributed by atoms with van der Waals surface area (Å²) >= 11 is 8.03. The molecule has 2 atom stereocenters. The van der Waals surface area contributed by atoms with E-state index in [1.807, 2.05) is 0 Å². The maximum atomic E-state index is 13.0. The quantitative estimate of drug-likeness (QED) is 0.579. The molecule has 1 N–H and O–H groups in total. The van der Waals surface area contributed by atoms with Crippen molar-refractivity contribution in [3.8, 4) is 0 Å². The summed E-state index contributed by atoms with van der Waals surface area (Å²) in [5, 5.41) is -11.6. The van der Waals surface area contributed by atoms with Crippen LogP contribution in [0, 0.1) is 0 Å². The molecule has 130 valence electrons. The summed E-state index contributed by atoms with van der Waals surface area (Å²) in [4.78, 5) is 11.1. The van der Waals surface area contributed by atoms with Crippen molar-refractivity contribution in [1.29, 1.82) is 0 Å². The lowest BCUT2D eigenvalue weighted by Crippen LogP contribution is -2.65. The van der Waals surface area contributed by atoms with Gasteiger partial charge in [-0.1, -0.05) is 0 Å². The van der Waals surface area contributed by atoms with Crippen LogP contribution in [0.4, 0.5) is 43.9 Å². The average molecular weight is 392 g/mol. The third-order valence-electron chi connectivity index (χ3n) is 2.51. The van der Waals surface area contributed by atoms with E-state index in [2.05, 4.69) is 27.9 Å². The van der Waals surface area contributed by atoms with Crippen LogP contribution < -0.4 is 5.32 Å². The predicted octanol–water partition coefficient (Wildman–Crippen LogP) is 3.36. The number of carbonyl (C=O) groups excluding carboxylic acids is 1. The van der Waals surface area contributed by atoms with Crippen molar-refractivity contribution < 1.29 is 53.4 Å². The molecule has 1 saturated heterocycles. The van der Waals surface area contributed by atoms with Crippen LogP contribution in [-0.2, 0) is 9.53 Å². The maximum Gasteiger partial charge on any atom is 0.444 e. The van der Waals surface area contributed by atoms with Crippen LogP contribution in [0.1, 0.15) is 0 Å². The fourth-order valence-corrected chi connectivity index (χ4v) is 1.93. The summed E-state index contributed by atoms with van der Waals surface area (Å²) in [6, 6.07) is 0. The van der Waals surface area contributed by atoms with Crippen molar-refractivity contribution in [1.82, 2.24) is 5.32 Å². The average Bonchev–Trinajstić information content (AvgIpc) is 2.49. The molecule has 15 heteroatoms. The molecule has 0 aliphatic carbocycles. The SMILES string of the molecule is O=C1NC(C(F)(F)F)(C(F)(F)Cl)OC1(C(F)(F)F)C(F)(F)Cl. The van der Waals surface area contributed by atoms with E-state index in [-0.39, 0.29) is 5.32 Å². The number of nitrogens with one attached hydrogen (secondary N) is 1. The second-order valence-corrected chi connectivity index (χ2v) is 4.86. The second kappa shape index (κ2) is 4.66. The van der Waals surface area contributed by atoms with Crippen molar-refractivity contribution in [3.05, 3.63) is 0 Å². The third-order valence-corrected chi connectivity index (χ3v) is 3.04. The van der Waals surface area contributed by atoms with E-state index in [4.69, 9.17) is 0 Å². The van der Waals surface area contributed by atoms with Crippen LogP contribution >= 0.6 is 23.2 Å². The highest BCUT2D eigenvalue weighted by Crippen LogP contribution is 2.58. The molecule has 1 aliphatic rings. The van der Waals surface area contributed by atoms with Crippen LogP contribution in [-0.4, -0.2) is 40.3 Å². The Morgan fingerprint density at radius 3 is 1.36 bits per heavy atom. The van der Waals surface area contributed by atoms with Crippen LogP contribution in [0.2, 0.25) is 0 Å². The minimum Gasteiger partial charge on any atom is -0.311 e. The molecule has 1 aliphatic heterocycles. The predicted molar refractivity (Wildman–Crippen MR) is 48.4 cm³/mol. The lowest BCUT2D eigenvalue weighted by atomic mass is 10.0. The normalized spacial score (nSPS) is 31.4. The summed E-state index contributed by atoms with van der Waals surface area (Å²) in [5.74, 6) is -3.28. The lowest BCUT2D eigenvalue weighted by Gasteiger charge is -2.37. The summed E-state index contributed by atoms with van der Waals surface area (Å²) in [5.41, 5.74) is -11.3. The number of halogens is 12. The Morgan fingerprint density at radius 1 is 0.818 bits per heavy atom. The van der Waals surface area contributed by atoms with Crippen molar-refractivity contribution in [3.63, 3.8) is 0 Å². The number of alkyl halides is 12. The van der Waals surface area contributed by atoms with Crippen molar-refractivity contribution >= 4 is 29.1 Å². The van der Waals surface area contributed by atoms with E-state index in [0.717, 1.165) is 0 Å². The smallest absolute Gasteiger partial charge is 0.311 e. The summed E-state index contributed by atoms with van der Waals surface area (Å²) in [6.07, 6.45) is -13.1. The number of carbonyl (C=O) groups is 1. The molecule has 1 amide bonds. The van der Waals surface area contributed by atoms with Crippen molar-refractivity contribution in [2.45, 2.75) is 34.4 Å². The number of ether oxygens (including phenoxy) is 1. The Bertz CT molecular complexity index is 448. The van der Waals surface area contributed by atoms with Gasteiger partial charge in [0.05, 0.1) is 0 Å². The molecule has 2 unspecified atom stereocenters. The van der Waals surface area contributed by atoms with Gasteiger partial charge < -0.3 is 10.1 Å². The molecule has 0 radical (unpaired) electrons. The highest BCUT2D eigenvalue weighted by molar-refractivity contribution is 6.25. The Morgan fingerprint density at radius 2 is 1.23 bits per heavy atom. The first-order valence-corrected chi connectivity index (χ1v) is 5.39. The van der Waals surface area contributed by atoms with Gasteiger partial charge in [-0.2, -0.15) is 43.9 Å². The van der Waals surface area contributed by atoms with Crippen LogP contribution in [0.5, 0.6) is 0 Å². The second-order valence-electron chi connectivity index (χ2n) is 3.91. The fraction of sp³-hybridized carbons (Fsp3) is 0.857. The van der Waals surface area contributed by atoms with E-state index in [0.29, 0.717) is 0 Å². The first kappa shape index (κ1) is 19.4. The first-order valence-electron chi connectivity index (χ1n) is 4.63. The zero-order valence-corrected chi connectivity index (χ0v) is 10.9. The van der Waals surface area contributed by atoms with Gasteiger partial charge in [0, 0.05) is 0 Å². The molecule has 0 saturated carbocycles. The molecular formula is C7HCl2F10NO2. The zero-order chi connectivity index (χ0) is 18.0. The van der Waals surface area contributed by atoms with Crippen LogP contribution in [0.25, 0.3) is 0 Å². The third kappa shape index (κ3) is 2.37. The van der Waals surface area contributed by atoms with E-state index in [1.165, 1.54) is 0 Å². The van der Waals surface area contributed by atoms with E-state index in [1.54, 1.807) is 0 Å². The fourth-order valence-electron chi connectivity index (χ4n) is 1.50. The molecule has 3 nitrogen and oxygen atoms in total.